The molecule has 4 heteroatoms. The first kappa shape index (κ1) is 13.9. The van der Waals surface area contributed by atoms with Crippen LogP contribution >= 0.6 is 23.2 Å². The molecule has 0 aromatic heterocycles. The van der Waals surface area contributed by atoms with Crippen molar-refractivity contribution in [3.8, 4) is 0 Å². The van der Waals surface area contributed by atoms with E-state index in [0.29, 0.717) is 15.7 Å². The highest BCUT2D eigenvalue weighted by atomic mass is 35.5. The maximum absolute atomic E-state index is 6.07. The zero-order valence-corrected chi connectivity index (χ0v) is 12.3. The fourth-order valence-corrected chi connectivity index (χ4v) is 1.94. The van der Waals surface area contributed by atoms with Crippen LogP contribution in [0.2, 0.25) is 10.0 Å². The molecule has 19 heavy (non-hydrogen) atoms. The number of rotatable bonds is 3. The molecule has 2 aromatic rings. The smallest absolute Gasteiger partial charge is 0.0848 e. The van der Waals surface area contributed by atoms with Crippen molar-refractivity contribution in [1.29, 1.82) is 0 Å². The average Bonchev–Trinajstić information content (AvgIpc) is 2.41. The molecule has 0 saturated heterocycles. The summed E-state index contributed by atoms with van der Waals surface area (Å²) >= 11 is 12.0. The van der Waals surface area contributed by atoms with Gasteiger partial charge in [0.1, 0.15) is 0 Å². The molecule has 0 bridgehead atoms. The van der Waals surface area contributed by atoms with E-state index in [1.807, 2.05) is 50.5 Å². The van der Waals surface area contributed by atoms with Gasteiger partial charge in [0, 0.05) is 26.0 Å². The van der Waals surface area contributed by atoms with Gasteiger partial charge in [0.15, 0.2) is 0 Å². The Balaban J connectivity index is 2.20. The van der Waals surface area contributed by atoms with Crippen molar-refractivity contribution in [3.05, 3.63) is 58.1 Å². The Morgan fingerprint density at radius 1 is 1.00 bits per heavy atom. The summed E-state index contributed by atoms with van der Waals surface area (Å²) in [5.74, 6) is 0. The molecule has 0 spiro atoms. The Morgan fingerprint density at radius 2 is 1.68 bits per heavy atom. The highest BCUT2D eigenvalue weighted by molar-refractivity contribution is 6.43. The highest BCUT2D eigenvalue weighted by Crippen LogP contribution is 2.31. The summed E-state index contributed by atoms with van der Waals surface area (Å²) in [5, 5.41) is 0.990. The Labute approximate surface area is 123 Å². The average molecular weight is 293 g/mol. The maximum Gasteiger partial charge on any atom is 0.0848 e. The highest BCUT2D eigenvalue weighted by Gasteiger charge is 2.01. The van der Waals surface area contributed by atoms with E-state index in [0.717, 1.165) is 11.3 Å². The molecule has 0 aliphatic heterocycles. The Kier molecular flexibility index (Phi) is 4.46. The summed E-state index contributed by atoms with van der Waals surface area (Å²) in [6, 6.07) is 13.5. The van der Waals surface area contributed by atoms with Crippen LogP contribution in [0.5, 0.6) is 0 Å². The summed E-state index contributed by atoms with van der Waals surface area (Å²) in [6.45, 7) is 0. The molecule has 0 radical (unpaired) electrons. The van der Waals surface area contributed by atoms with Gasteiger partial charge in [-0.15, -0.1) is 0 Å². The normalized spacial score (nSPS) is 10.9. The second kappa shape index (κ2) is 6.09. The zero-order valence-electron chi connectivity index (χ0n) is 10.8. The first-order valence-electron chi connectivity index (χ1n) is 5.83. The minimum absolute atomic E-state index is 0.477. The fraction of sp³-hybridized carbons (Fsp3) is 0.133. The summed E-state index contributed by atoms with van der Waals surface area (Å²) in [7, 11) is 4.02. The van der Waals surface area contributed by atoms with Crippen LogP contribution in [0.1, 0.15) is 5.56 Å². The number of aliphatic imine (C=N–C) groups is 1. The van der Waals surface area contributed by atoms with Gasteiger partial charge in [-0.1, -0.05) is 41.4 Å². The largest absolute Gasteiger partial charge is 0.378 e. The topological polar surface area (TPSA) is 15.6 Å². The molecule has 0 amide bonds. The molecule has 0 unspecified atom stereocenters. The summed E-state index contributed by atoms with van der Waals surface area (Å²) in [6.07, 6.45) is 1.77. The van der Waals surface area contributed by atoms with Gasteiger partial charge in [-0.25, -0.2) is 0 Å². The second-order valence-electron chi connectivity index (χ2n) is 4.32. The number of hydrogen-bond acceptors (Lipinski definition) is 2. The van der Waals surface area contributed by atoms with E-state index in [-0.39, 0.29) is 0 Å². The minimum Gasteiger partial charge on any atom is -0.378 e. The number of benzene rings is 2. The molecular weight excluding hydrogens is 279 g/mol. The third kappa shape index (κ3) is 3.49. The van der Waals surface area contributed by atoms with Gasteiger partial charge in [-0.2, -0.15) is 0 Å². The molecule has 0 heterocycles. The van der Waals surface area contributed by atoms with E-state index >= 15 is 0 Å². The lowest BCUT2D eigenvalue weighted by atomic mass is 10.2. The van der Waals surface area contributed by atoms with E-state index in [1.54, 1.807) is 12.3 Å². The molecule has 0 fully saturated rings. The van der Waals surface area contributed by atoms with Crippen LogP contribution in [0.3, 0.4) is 0 Å². The zero-order chi connectivity index (χ0) is 13.8. The predicted octanol–water partition coefficient (Wildman–Crippen LogP) is 4.81. The molecule has 2 rings (SSSR count). The van der Waals surface area contributed by atoms with Crippen LogP contribution < -0.4 is 4.90 Å². The molecule has 0 aliphatic rings. The molecule has 0 aliphatic carbocycles. The van der Waals surface area contributed by atoms with Gasteiger partial charge in [-0.05, 0) is 29.8 Å². The van der Waals surface area contributed by atoms with Crippen molar-refractivity contribution in [2.24, 2.45) is 4.99 Å². The van der Waals surface area contributed by atoms with E-state index in [1.165, 1.54) is 0 Å². The molecule has 0 saturated carbocycles. The summed E-state index contributed by atoms with van der Waals surface area (Å²) < 4.78 is 0. The number of hydrogen-bond donors (Lipinski definition) is 0. The second-order valence-corrected chi connectivity index (χ2v) is 5.10. The molecule has 2 nitrogen and oxygen atoms in total. The first-order valence-corrected chi connectivity index (χ1v) is 6.59. The number of nitrogens with zero attached hydrogens (tertiary/aromatic N) is 2. The van der Waals surface area contributed by atoms with Gasteiger partial charge in [0.25, 0.3) is 0 Å². The maximum atomic E-state index is 6.07. The predicted molar refractivity (Wildman–Crippen MR) is 84.5 cm³/mol. The van der Waals surface area contributed by atoms with Crippen molar-refractivity contribution in [1.82, 2.24) is 0 Å². The van der Waals surface area contributed by atoms with Crippen LogP contribution in [0.4, 0.5) is 11.4 Å². The fourth-order valence-electron chi connectivity index (χ4n) is 1.59. The minimum atomic E-state index is 0.477. The lowest BCUT2D eigenvalue weighted by Crippen LogP contribution is -2.08. The Bertz CT molecular complexity index is 590. The summed E-state index contributed by atoms with van der Waals surface area (Å²) in [4.78, 5) is 6.41. The van der Waals surface area contributed by atoms with Crippen molar-refractivity contribution in [2.75, 3.05) is 19.0 Å². The van der Waals surface area contributed by atoms with Crippen LogP contribution in [-0.2, 0) is 0 Å². The summed E-state index contributed by atoms with van der Waals surface area (Å²) in [5.41, 5.74) is 2.84. The molecule has 0 N–H and O–H groups in total. The van der Waals surface area contributed by atoms with Gasteiger partial charge in [0.2, 0.25) is 0 Å². The standard InChI is InChI=1S/C15H14Cl2N2/c1-19(2)12-8-6-11(7-9-12)10-18-14-5-3-4-13(16)15(14)17/h3-10H,1-2H3. The van der Waals surface area contributed by atoms with Crippen LogP contribution in [0.15, 0.2) is 47.5 Å². The third-order valence-corrected chi connectivity index (χ3v) is 3.50. The quantitative estimate of drug-likeness (QED) is 0.741. The van der Waals surface area contributed by atoms with Crippen LogP contribution in [0, 0.1) is 0 Å². The monoisotopic (exact) mass is 292 g/mol. The number of anilines is 1. The van der Waals surface area contributed by atoms with E-state index in [9.17, 15) is 0 Å². The lowest BCUT2D eigenvalue weighted by Gasteiger charge is -2.11. The van der Waals surface area contributed by atoms with Crippen molar-refractivity contribution in [2.45, 2.75) is 0 Å². The van der Waals surface area contributed by atoms with E-state index in [2.05, 4.69) is 9.89 Å². The van der Waals surface area contributed by atoms with Crippen LogP contribution in [0.25, 0.3) is 0 Å². The molecule has 98 valence electrons. The van der Waals surface area contributed by atoms with Gasteiger partial charge < -0.3 is 4.90 Å². The van der Waals surface area contributed by atoms with E-state index in [4.69, 9.17) is 23.2 Å². The SMILES string of the molecule is CN(C)c1ccc(C=Nc2cccc(Cl)c2Cl)cc1. The van der Waals surface area contributed by atoms with Crippen molar-refractivity contribution >= 4 is 40.8 Å². The molecular formula is C15H14Cl2N2. The van der Waals surface area contributed by atoms with Gasteiger partial charge >= 0.3 is 0 Å². The number of halogens is 2. The van der Waals surface area contributed by atoms with Gasteiger partial charge in [-0.3, -0.25) is 4.99 Å². The van der Waals surface area contributed by atoms with Crippen molar-refractivity contribution < 1.29 is 0 Å². The lowest BCUT2D eigenvalue weighted by molar-refractivity contribution is 1.13. The molecule has 2 aromatic carbocycles. The van der Waals surface area contributed by atoms with Crippen molar-refractivity contribution in [3.63, 3.8) is 0 Å². The third-order valence-electron chi connectivity index (χ3n) is 2.69. The van der Waals surface area contributed by atoms with Gasteiger partial charge in [0.05, 0.1) is 15.7 Å². The Hall–Kier alpha value is -1.51. The first-order chi connectivity index (χ1) is 9.08. The van der Waals surface area contributed by atoms with Crippen LogP contribution in [-0.4, -0.2) is 20.3 Å². The van der Waals surface area contributed by atoms with E-state index < -0.39 is 0 Å². The molecule has 0 atom stereocenters. The Morgan fingerprint density at radius 3 is 2.32 bits per heavy atom.